The second-order valence-electron chi connectivity index (χ2n) is 8.63. The second-order valence-corrected chi connectivity index (χ2v) is 9.06. The fraction of sp³-hybridized carbons (Fsp3) is 0.480. The van der Waals surface area contributed by atoms with Crippen LogP contribution in [0.15, 0.2) is 42.5 Å². The molecular weight excluding hydrogens is 446 g/mol. The zero-order valence-corrected chi connectivity index (χ0v) is 19.6. The smallest absolute Gasteiger partial charge is 0.252 e. The van der Waals surface area contributed by atoms with Crippen molar-refractivity contribution in [3.63, 3.8) is 0 Å². The molecule has 7 nitrogen and oxygen atoms in total. The minimum absolute atomic E-state index is 0.0915. The van der Waals surface area contributed by atoms with Gasteiger partial charge in [0.15, 0.2) is 17.8 Å². The molecule has 8 heteroatoms. The SMILES string of the molecule is CC1CCC(NC(=O)c2ccc(OCCO)c(OCCc3cccc(Cl)c3)c2)(C(O)O)CC1. The molecule has 2 aromatic carbocycles. The van der Waals surface area contributed by atoms with E-state index in [2.05, 4.69) is 12.2 Å². The Labute approximate surface area is 199 Å². The zero-order chi connectivity index (χ0) is 23.8. The molecule has 2 aromatic rings. The van der Waals surface area contributed by atoms with Crippen molar-refractivity contribution in [2.24, 2.45) is 5.92 Å². The molecule has 180 valence electrons. The molecule has 3 rings (SSSR count). The Morgan fingerprint density at radius 1 is 1.12 bits per heavy atom. The van der Waals surface area contributed by atoms with Crippen LogP contribution in [0.25, 0.3) is 0 Å². The van der Waals surface area contributed by atoms with Crippen LogP contribution in [-0.4, -0.2) is 52.9 Å². The third-order valence-electron chi connectivity index (χ3n) is 6.12. The standard InChI is InChI=1S/C25H32ClNO6/c1-17-7-10-25(11-8-17,24(30)31)27-23(29)19-5-6-21(33-14-12-28)22(16-19)32-13-9-18-3-2-4-20(26)15-18/h2-6,15-17,24,28,30-31H,7-14H2,1H3,(H,27,29). The van der Waals surface area contributed by atoms with Gasteiger partial charge in [-0.05, 0) is 67.5 Å². The lowest BCUT2D eigenvalue weighted by molar-refractivity contribution is -0.119. The van der Waals surface area contributed by atoms with Crippen LogP contribution >= 0.6 is 11.6 Å². The van der Waals surface area contributed by atoms with Crippen LogP contribution in [0.4, 0.5) is 0 Å². The van der Waals surface area contributed by atoms with Crippen molar-refractivity contribution in [1.29, 1.82) is 0 Å². The molecule has 0 radical (unpaired) electrons. The van der Waals surface area contributed by atoms with Gasteiger partial charge in [-0.25, -0.2) is 0 Å². The summed E-state index contributed by atoms with van der Waals surface area (Å²) in [5, 5.41) is 32.6. The lowest BCUT2D eigenvalue weighted by atomic mass is 9.76. The molecule has 1 fully saturated rings. The van der Waals surface area contributed by atoms with E-state index in [4.69, 9.17) is 26.2 Å². The number of halogens is 1. The predicted octanol–water partition coefficient (Wildman–Crippen LogP) is 3.32. The highest BCUT2D eigenvalue weighted by molar-refractivity contribution is 6.30. The number of hydrogen-bond acceptors (Lipinski definition) is 6. The first-order valence-corrected chi connectivity index (χ1v) is 11.6. The van der Waals surface area contributed by atoms with Crippen molar-refractivity contribution in [2.75, 3.05) is 19.8 Å². The van der Waals surface area contributed by atoms with Crippen LogP contribution in [0, 0.1) is 5.92 Å². The first-order valence-electron chi connectivity index (χ1n) is 11.3. The number of benzene rings is 2. The topological polar surface area (TPSA) is 108 Å². The zero-order valence-electron chi connectivity index (χ0n) is 18.8. The third-order valence-corrected chi connectivity index (χ3v) is 6.35. The molecule has 1 aliphatic rings. The highest BCUT2D eigenvalue weighted by Crippen LogP contribution is 2.35. The van der Waals surface area contributed by atoms with E-state index < -0.39 is 17.7 Å². The van der Waals surface area contributed by atoms with E-state index in [0.717, 1.165) is 18.4 Å². The number of aliphatic hydroxyl groups excluding tert-OH is 2. The van der Waals surface area contributed by atoms with E-state index in [-0.39, 0.29) is 13.2 Å². The van der Waals surface area contributed by atoms with Crippen molar-refractivity contribution in [2.45, 2.75) is 50.9 Å². The lowest BCUT2D eigenvalue weighted by Gasteiger charge is -2.41. The van der Waals surface area contributed by atoms with Gasteiger partial charge in [-0.1, -0.05) is 30.7 Å². The van der Waals surface area contributed by atoms with Crippen molar-refractivity contribution in [1.82, 2.24) is 5.32 Å². The van der Waals surface area contributed by atoms with E-state index in [1.807, 2.05) is 18.2 Å². The summed E-state index contributed by atoms with van der Waals surface area (Å²) in [6.45, 7) is 2.39. The minimum Gasteiger partial charge on any atom is -0.489 e. The lowest BCUT2D eigenvalue weighted by Crippen LogP contribution is -2.58. The first kappa shape index (κ1) is 25.3. The Kier molecular flexibility index (Phi) is 8.97. The fourth-order valence-corrected chi connectivity index (χ4v) is 4.24. The monoisotopic (exact) mass is 477 g/mol. The summed E-state index contributed by atoms with van der Waals surface area (Å²) in [5.41, 5.74) is 0.269. The molecule has 0 saturated heterocycles. The highest BCUT2D eigenvalue weighted by atomic mass is 35.5. The summed E-state index contributed by atoms with van der Waals surface area (Å²) >= 11 is 6.04. The fourth-order valence-electron chi connectivity index (χ4n) is 4.03. The van der Waals surface area contributed by atoms with Crippen molar-refractivity contribution in [3.05, 3.63) is 58.6 Å². The molecule has 1 saturated carbocycles. The quantitative estimate of drug-likeness (QED) is 0.391. The Hall–Kier alpha value is -2.32. The number of ether oxygens (including phenoxy) is 2. The molecule has 0 bridgehead atoms. The van der Waals surface area contributed by atoms with Gasteiger partial charge in [0.1, 0.15) is 6.61 Å². The van der Waals surface area contributed by atoms with E-state index in [1.54, 1.807) is 24.3 Å². The largest absolute Gasteiger partial charge is 0.489 e. The average Bonchev–Trinajstić information content (AvgIpc) is 2.79. The van der Waals surface area contributed by atoms with Crippen LogP contribution in [0.3, 0.4) is 0 Å². The van der Waals surface area contributed by atoms with Gasteiger partial charge in [0.05, 0.1) is 18.8 Å². The number of carbonyl (C=O) groups excluding carboxylic acids is 1. The summed E-state index contributed by atoms with van der Waals surface area (Å²) in [5.74, 6) is 0.853. The summed E-state index contributed by atoms with van der Waals surface area (Å²) in [4.78, 5) is 13.0. The number of aliphatic hydroxyl groups is 3. The molecule has 0 aliphatic heterocycles. The predicted molar refractivity (Wildman–Crippen MR) is 126 cm³/mol. The molecule has 33 heavy (non-hydrogen) atoms. The van der Waals surface area contributed by atoms with Gasteiger partial charge in [-0.15, -0.1) is 0 Å². The van der Waals surface area contributed by atoms with Crippen LogP contribution in [0.2, 0.25) is 5.02 Å². The van der Waals surface area contributed by atoms with Gasteiger partial charge in [0, 0.05) is 17.0 Å². The Balaban J connectivity index is 1.74. The van der Waals surface area contributed by atoms with Crippen molar-refractivity contribution >= 4 is 17.5 Å². The summed E-state index contributed by atoms with van der Waals surface area (Å²) in [6, 6.07) is 12.3. The molecule has 0 heterocycles. The molecule has 0 aromatic heterocycles. The number of carbonyl (C=O) groups is 1. The van der Waals surface area contributed by atoms with Crippen LogP contribution in [-0.2, 0) is 6.42 Å². The van der Waals surface area contributed by atoms with Crippen molar-refractivity contribution in [3.8, 4) is 11.5 Å². The van der Waals surface area contributed by atoms with Gasteiger partial charge in [-0.2, -0.15) is 0 Å². The molecule has 0 unspecified atom stereocenters. The van der Waals surface area contributed by atoms with Crippen LogP contribution in [0.1, 0.15) is 48.5 Å². The van der Waals surface area contributed by atoms with Gasteiger partial charge >= 0.3 is 0 Å². The van der Waals surface area contributed by atoms with E-state index in [1.165, 1.54) is 0 Å². The first-order chi connectivity index (χ1) is 15.8. The molecule has 1 amide bonds. The summed E-state index contributed by atoms with van der Waals surface area (Å²) in [7, 11) is 0. The van der Waals surface area contributed by atoms with E-state index in [0.29, 0.717) is 53.9 Å². The van der Waals surface area contributed by atoms with Gasteiger partial charge in [0.2, 0.25) is 0 Å². The normalized spacial score (nSPS) is 20.5. The molecule has 4 N–H and O–H groups in total. The highest BCUT2D eigenvalue weighted by Gasteiger charge is 2.41. The molecule has 0 atom stereocenters. The van der Waals surface area contributed by atoms with Crippen LogP contribution < -0.4 is 14.8 Å². The maximum Gasteiger partial charge on any atom is 0.252 e. The summed E-state index contributed by atoms with van der Waals surface area (Å²) in [6.07, 6.45) is 1.58. The van der Waals surface area contributed by atoms with E-state index >= 15 is 0 Å². The maximum atomic E-state index is 13.0. The second kappa shape index (κ2) is 11.7. The number of nitrogens with one attached hydrogen (secondary N) is 1. The summed E-state index contributed by atoms with van der Waals surface area (Å²) < 4.78 is 11.5. The van der Waals surface area contributed by atoms with Crippen molar-refractivity contribution < 1.29 is 29.6 Å². The molecule has 1 aliphatic carbocycles. The van der Waals surface area contributed by atoms with Gasteiger partial charge in [0.25, 0.3) is 5.91 Å². The maximum absolute atomic E-state index is 13.0. The molecule has 0 spiro atoms. The van der Waals surface area contributed by atoms with E-state index in [9.17, 15) is 15.0 Å². The number of amides is 1. The van der Waals surface area contributed by atoms with Gasteiger partial charge < -0.3 is 30.1 Å². The minimum atomic E-state index is -1.64. The molecular formula is C25H32ClNO6. The number of hydrogen-bond donors (Lipinski definition) is 4. The number of rotatable bonds is 10. The third kappa shape index (κ3) is 6.84. The Morgan fingerprint density at radius 2 is 1.85 bits per heavy atom. The Bertz CT molecular complexity index is 927. The van der Waals surface area contributed by atoms with Crippen LogP contribution in [0.5, 0.6) is 11.5 Å². The Morgan fingerprint density at radius 3 is 2.52 bits per heavy atom. The average molecular weight is 478 g/mol. The van der Waals surface area contributed by atoms with Gasteiger partial charge in [-0.3, -0.25) is 4.79 Å².